The summed E-state index contributed by atoms with van der Waals surface area (Å²) in [6.45, 7) is 7.93. The van der Waals surface area contributed by atoms with E-state index in [0.717, 1.165) is 6.54 Å². The first kappa shape index (κ1) is 16.3. The molecule has 1 aromatic rings. The van der Waals surface area contributed by atoms with Crippen LogP contribution in [-0.2, 0) is 22.9 Å². The fourth-order valence-electron chi connectivity index (χ4n) is 1.69. The molecule has 0 radical (unpaired) electrons. The van der Waals surface area contributed by atoms with Crippen molar-refractivity contribution in [1.82, 2.24) is 4.90 Å². The molecule has 0 fully saturated rings. The Morgan fingerprint density at radius 3 is 2.31 bits per heavy atom. The summed E-state index contributed by atoms with van der Waals surface area (Å²) in [4.78, 5) is 2.50. The van der Waals surface area contributed by atoms with Gasteiger partial charge in [0.2, 0.25) is 0 Å². The molecule has 0 bridgehead atoms. The summed E-state index contributed by atoms with van der Waals surface area (Å²) in [6, 6.07) is 11.4. The Hall–Kier alpha value is 0.283. The third-order valence-corrected chi connectivity index (χ3v) is 2.26. The summed E-state index contributed by atoms with van der Waals surface area (Å²) in [6.07, 6.45) is 2.47. The average molecular weight is 336 g/mol. The van der Waals surface area contributed by atoms with Crippen LogP contribution in [0.25, 0.3) is 0 Å². The van der Waals surface area contributed by atoms with E-state index in [2.05, 4.69) is 56.6 Å². The fraction of sp³-hybridized carbons (Fsp3) is 0.538. The van der Waals surface area contributed by atoms with Crippen molar-refractivity contribution in [3.8, 4) is 0 Å². The number of hydrogen-bond acceptors (Lipinski definition) is 1. The van der Waals surface area contributed by atoms with Gasteiger partial charge in [-0.15, -0.1) is 5.56 Å². The predicted octanol–water partition coefficient (Wildman–Crippen LogP) is 3.95. The van der Waals surface area contributed by atoms with Gasteiger partial charge in [-0.25, -0.2) is 0 Å². The zero-order valence-corrected chi connectivity index (χ0v) is 14.9. The third-order valence-electron chi connectivity index (χ3n) is 2.26. The Morgan fingerprint density at radius 1 is 1.25 bits per heavy atom. The molecule has 3 heteroatoms. The van der Waals surface area contributed by atoms with E-state index in [1.54, 1.807) is 0 Å². The van der Waals surface area contributed by atoms with E-state index >= 15 is 0 Å². The molecule has 16 heavy (non-hydrogen) atoms. The monoisotopic (exact) mass is 333 g/mol. The molecule has 0 heterocycles. The van der Waals surface area contributed by atoms with Crippen molar-refractivity contribution in [2.45, 2.75) is 33.2 Å². The average Bonchev–Trinajstić information content (AvgIpc) is 2.34. The molecule has 0 aliphatic carbocycles. The van der Waals surface area contributed by atoms with Crippen LogP contribution in [-0.4, -0.2) is 18.0 Å². The van der Waals surface area contributed by atoms with Gasteiger partial charge in [-0.3, -0.25) is 0 Å². The molecule has 1 aromatic carbocycles. The van der Waals surface area contributed by atoms with Crippen molar-refractivity contribution in [2.24, 2.45) is 0 Å². The van der Waals surface area contributed by atoms with Gasteiger partial charge in [-0.05, 0) is 32.5 Å². The number of benzene rings is 1. The summed E-state index contributed by atoms with van der Waals surface area (Å²) in [7, 11) is 0. The standard InChI is InChI=1S/C13H20N.BrH.Zn/c1-3-10-14(11-4-2)12-13-8-6-5-7-9-13;;/h5-6,8-9H,3-4,10-12H2,1-2H3;1H;/q-1;;+2/p-1. The Morgan fingerprint density at radius 2 is 1.88 bits per heavy atom. The van der Waals surface area contributed by atoms with Crippen LogP contribution in [0.1, 0.15) is 32.3 Å². The second-order valence-corrected chi connectivity index (χ2v) is 3.69. The normalized spacial score (nSPS) is 9.88. The van der Waals surface area contributed by atoms with Gasteiger partial charge in [-0.2, -0.15) is 30.3 Å². The van der Waals surface area contributed by atoms with E-state index in [1.807, 2.05) is 6.07 Å². The van der Waals surface area contributed by atoms with Gasteiger partial charge in [0.05, 0.1) is 0 Å². The van der Waals surface area contributed by atoms with E-state index in [1.165, 1.54) is 47.8 Å². The first-order chi connectivity index (χ1) is 7.86. The maximum absolute atomic E-state index is 3.12. The summed E-state index contributed by atoms with van der Waals surface area (Å²) >= 11 is 4.25. The SMILES string of the molecule is CCCN(CCC)Cc1c[c-]ccc1.[Zn+][Br]. The van der Waals surface area contributed by atoms with Crippen LogP contribution in [0.3, 0.4) is 0 Å². The molecular formula is C13H20BrNZn. The first-order valence-electron chi connectivity index (χ1n) is 5.81. The molecule has 0 atom stereocenters. The molecule has 0 aliphatic heterocycles. The molecule has 0 amide bonds. The van der Waals surface area contributed by atoms with Crippen LogP contribution < -0.4 is 0 Å². The van der Waals surface area contributed by atoms with E-state index < -0.39 is 0 Å². The molecule has 0 aromatic heterocycles. The number of nitrogens with zero attached hydrogens (tertiary/aromatic N) is 1. The fourth-order valence-corrected chi connectivity index (χ4v) is 1.69. The number of halogens is 1. The maximum atomic E-state index is 3.12. The number of hydrogen-bond donors (Lipinski definition) is 0. The Labute approximate surface area is 117 Å². The molecule has 1 rings (SSSR count). The molecule has 0 N–H and O–H groups in total. The molecule has 0 unspecified atom stereocenters. The molecule has 0 saturated carbocycles. The Balaban J connectivity index is 0.00000106. The van der Waals surface area contributed by atoms with Gasteiger partial charge in [0.15, 0.2) is 0 Å². The van der Waals surface area contributed by atoms with Crippen LogP contribution in [0, 0.1) is 6.07 Å². The van der Waals surface area contributed by atoms with E-state index in [-0.39, 0.29) is 0 Å². The van der Waals surface area contributed by atoms with Crippen LogP contribution in [0.2, 0.25) is 0 Å². The minimum absolute atomic E-state index is 1.07. The zero-order chi connectivity index (χ0) is 12.2. The zero-order valence-electron chi connectivity index (χ0n) is 10.4. The van der Waals surface area contributed by atoms with Gasteiger partial charge in [0.1, 0.15) is 0 Å². The second-order valence-electron chi connectivity index (χ2n) is 3.69. The van der Waals surface area contributed by atoms with Crippen LogP contribution >= 0.6 is 13.6 Å². The van der Waals surface area contributed by atoms with Crippen molar-refractivity contribution in [3.05, 3.63) is 35.9 Å². The van der Waals surface area contributed by atoms with Gasteiger partial charge in [-0.1, -0.05) is 13.8 Å². The molecule has 0 spiro atoms. The molecule has 0 aliphatic rings. The molecule has 1 nitrogen and oxygen atoms in total. The molecule has 86 valence electrons. The molecule has 0 saturated heterocycles. The summed E-state index contributed by atoms with van der Waals surface area (Å²) < 4.78 is 0. The van der Waals surface area contributed by atoms with Gasteiger partial charge < -0.3 is 4.90 Å². The third kappa shape index (κ3) is 7.54. The Bertz CT molecular complexity index is 235. The van der Waals surface area contributed by atoms with E-state index in [0.29, 0.717) is 0 Å². The van der Waals surface area contributed by atoms with Gasteiger partial charge >= 0.3 is 30.0 Å². The van der Waals surface area contributed by atoms with Gasteiger partial charge in [0.25, 0.3) is 0 Å². The van der Waals surface area contributed by atoms with Crippen LogP contribution in [0.15, 0.2) is 24.3 Å². The quantitative estimate of drug-likeness (QED) is 0.562. The summed E-state index contributed by atoms with van der Waals surface area (Å²) in [5, 5.41) is 0. The summed E-state index contributed by atoms with van der Waals surface area (Å²) in [5.41, 5.74) is 1.37. The summed E-state index contributed by atoms with van der Waals surface area (Å²) in [5.74, 6) is 0. The predicted molar refractivity (Wildman–Crippen MR) is 70.1 cm³/mol. The van der Waals surface area contributed by atoms with Crippen molar-refractivity contribution in [3.63, 3.8) is 0 Å². The number of rotatable bonds is 6. The van der Waals surface area contributed by atoms with Gasteiger partial charge in [0, 0.05) is 0 Å². The van der Waals surface area contributed by atoms with Crippen LogP contribution in [0.4, 0.5) is 0 Å². The topological polar surface area (TPSA) is 3.24 Å². The first-order valence-corrected chi connectivity index (χ1v) is 12.8. The van der Waals surface area contributed by atoms with E-state index in [4.69, 9.17) is 0 Å². The Kier molecular flexibility index (Phi) is 12.0. The van der Waals surface area contributed by atoms with E-state index in [9.17, 15) is 0 Å². The minimum atomic E-state index is 1.07. The van der Waals surface area contributed by atoms with Crippen molar-refractivity contribution in [1.29, 1.82) is 0 Å². The van der Waals surface area contributed by atoms with Crippen molar-refractivity contribution >= 4 is 13.6 Å². The van der Waals surface area contributed by atoms with Crippen molar-refractivity contribution < 1.29 is 16.3 Å². The van der Waals surface area contributed by atoms with Crippen LogP contribution in [0.5, 0.6) is 0 Å². The second kappa shape index (κ2) is 11.8. The molecular weight excluding hydrogens is 315 g/mol. The van der Waals surface area contributed by atoms with Crippen molar-refractivity contribution in [2.75, 3.05) is 13.1 Å².